The van der Waals surface area contributed by atoms with Crippen LogP contribution in [0.2, 0.25) is 0 Å². The highest BCUT2D eigenvalue weighted by atomic mass is 15.1. The highest BCUT2D eigenvalue weighted by Crippen LogP contribution is 2.41. The lowest BCUT2D eigenvalue weighted by Gasteiger charge is -2.25. The van der Waals surface area contributed by atoms with Crippen LogP contribution < -0.4 is 0 Å². The molecule has 0 amide bonds. The van der Waals surface area contributed by atoms with Crippen LogP contribution in [0.15, 0.2) is 121 Å². The van der Waals surface area contributed by atoms with E-state index in [1.807, 2.05) is 18.3 Å². The molecule has 3 heterocycles. The van der Waals surface area contributed by atoms with Crippen molar-refractivity contribution in [1.82, 2.24) is 19.5 Å². The molecule has 202 valence electrons. The van der Waals surface area contributed by atoms with E-state index in [9.17, 15) is 0 Å². The van der Waals surface area contributed by atoms with Crippen molar-refractivity contribution in [1.29, 1.82) is 0 Å². The molecule has 4 nitrogen and oxygen atoms in total. The number of hydrogen-bond donors (Lipinski definition) is 1. The normalized spacial score (nSPS) is 12.2. The van der Waals surface area contributed by atoms with Crippen LogP contribution in [0.5, 0.6) is 0 Å². The number of para-hydroxylation sites is 3. The van der Waals surface area contributed by atoms with Gasteiger partial charge < -0.3 is 9.55 Å². The lowest BCUT2D eigenvalue weighted by Crippen LogP contribution is -2.22. The number of fused-ring (bicyclic) bond motifs is 5. The number of nitrogens with one attached hydrogen (secondary N) is 1. The number of rotatable bonds is 3. The summed E-state index contributed by atoms with van der Waals surface area (Å²) < 4.78 is 2.40. The number of pyridine rings is 1. The Morgan fingerprint density at radius 2 is 1.38 bits per heavy atom. The second-order valence-electron chi connectivity index (χ2n) is 12.0. The number of hydrogen-bond acceptors (Lipinski definition) is 2. The SMILES string of the molecule is CC(C)(C)n1c(-c2cccc3c2[nH]c2ccccc23)nc2c(-c3cc(-c4ccccn4)cc4ccccc34)cccc21. The molecule has 1 N–H and O–H groups in total. The predicted molar refractivity (Wildman–Crippen MR) is 176 cm³/mol. The zero-order chi connectivity index (χ0) is 28.4. The highest BCUT2D eigenvalue weighted by molar-refractivity contribution is 6.12. The molecular weight excluding hydrogens is 512 g/mol. The molecule has 5 aromatic carbocycles. The van der Waals surface area contributed by atoms with Gasteiger partial charge in [0.05, 0.1) is 22.2 Å². The zero-order valence-corrected chi connectivity index (χ0v) is 23.9. The molecule has 0 aliphatic carbocycles. The van der Waals surface area contributed by atoms with Crippen molar-refractivity contribution >= 4 is 43.6 Å². The van der Waals surface area contributed by atoms with E-state index in [0.717, 1.165) is 55.8 Å². The van der Waals surface area contributed by atoms with Gasteiger partial charge in [0.25, 0.3) is 0 Å². The molecule has 0 fully saturated rings. The van der Waals surface area contributed by atoms with Gasteiger partial charge in [-0.05, 0) is 79.6 Å². The summed E-state index contributed by atoms with van der Waals surface area (Å²) in [4.78, 5) is 13.9. The van der Waals surface area contributed by atoms with Gasteiger partial charge in [-0.3, -0.25) is 4.98 Å². The first-order chi connectivity index (χ1) is 20.5. The van der Waals surface area contributed by atoms with Crippen LogP contribution in [-0.4, -0.2) is 19.5 Å². The Labute approximate surface area is 244 Å². The van der Waals surface area contributed by atoms with Gasteiger partial charge in [-0.2, -0.15) is 0 Å². The third kappa shape index (κ3) is 3.76. The molecule has 4 heteroatoms. The van der Waals surface area contributed by atoms with Crippen LogP contribution in [0.1, 0.15) is 20.8 Å². The first-order valence-corrected chi connectivity index (χ1v) is 14.4. The second-order valence-corrected chi connectivity index (χ2v) is 12.0. The van der Waals surface area contributed by atoms with Gasteiger partial charge in [0.1, 0.15) is 5.82 Å². The molecule has 0 radical (unpaired) electrons. The zero-order valence-electron chi connectivity index (χ0n) is 23.9. The van der Waals surface area contributed by atoms with Crippen molar-refractivity contribution in [2.75, 3.05) is 0 Å². The Balaban J connectivity index is 1.45. The van der Waals surface area contributed by atoms with Crippen LogP contribution in [0.4, 0.5) is 0 Å². The van der Waals surface area contributed by atoms with Crippen LogP contribution in [0.25, 0.3) is 77.4 Å². The molecule has 0 aliphatic rings. The Kier molecular flexibility index (Phi) is 5.35. The maximum absolute atomic E-state index is 5.48. The van der Waals surface area contributed by atoms with Crippen LogP contribution in [0, 0.1) is 0 Å². The fourth-order valence-electron chi connectivity index (χ4n) is 6.45. The summed E-state index contributed by atoms with van der Waals surface area (Å²) in [6.45, 7) is 6.77. The van der Waals surface area contributed by atoms with E-state index in [1.54, 1.807) is 0 Å². The topological polar surface area (TPSA) is 46.5 Å². The molecule has 42 heavy (non-hydrogen) atoms. The lowest BCUT2D eigenvalue weighted by atomic mass is 9.93. The summed E-state index contributed by atoms with van der Waals surface area (Å²) in [5, 5.41) is 4.83. The smallest absolute Gasteiger partial charge is 0.143 e. The van der Waals surface area contributed by atoms with Crippen LogP contribution in [0.3, 0.4) is 0 Å². The molecule has 0 spiro atoms. The Morgan fingerprint density at radius 1 is 0.643 bits per heavy atom. The monoisotopic (exact) mass is 542 g/mol. The van der Waals surface area contributed by atoms with Gasteiger partial charge in [0.2, 0.25) is 0 Å². The summed E-state index contributed by atoms with van der Waals surface area (Å²) in [5.74, 6) is 0.965. The number of benzene rings is 5. The maximum atomic E-state index is 5.48. The minimum Gasteiger partial charge on any atom is -0.354 e. The number of aromatic nitrogens is 4. The molecule has 0 atom stereocenters. The molecule has 0 bridgehead atoms. The largest absolute Gasteiger partial charge is 0.354 e. The van der Waals surface area contributed by atoms with Crippen LogP contribution >= 0.6 is 0 Å². The van der Waals surface area contributed by atoms with Gasteiger partial charge in [-0.15, -0.1) is 0 Å². The summed E-state index contributed by atoms with van der Waals surface area (Å²) in [6, 6.07) is 40.8. The average molecular weight is 543 g/mol. The third-order valence-corrected chi connectivity index (χ3v) is 8.25. The molecule has 0 aliphatic heterocycles. The van der Waals surface area contributed by atoms with Crippen molar-refractivity contribution in [3.05, 3.63) is 121 Å². The van der Waals surface area contributed by atoms with Crippen molar-refractivity contribution in [3.8, 4) is 33.8 Å². The van der Waals surface area contributed by atoms with E-state index in [0.29, 0.717) is 0 Å². The quantitative estimate of drug-likeness (QED) is 0.241. The molecular formula is C38H30N4. The number of aromatic amines is 1. The van der Waals surface area contributed by atoms with E-state index in [1.165, 1.54) is 21.5 Å². The molecule has 0 saturated heterocycles. The second kappa shape index (κ2) is 9.15. The minimum atomic E-state index is -0.200. The van der Waals surface area contributed by atoms with Crippen molar-refractivity contribution < 1.29 is 0 Å². The third-order valence-electron chi connectivity index (χ3n) is 8.25. The van der Waals surface area contributed by atoms with Crippen molar-refractivity contribution in [2.24, 2.45) is 0 Å². The van der Waals surface area contributed by atoms with E-state index in [-0.39, 0.29) is 5.54 Å². The van der Waals surface area contributed by atoms with E-state index < -0.39 is 0 Å². The van der Waals surface area contributed by atoms with Gasteiger partial charge in [-0.25, -0.2) is 4.98 Å². The summed E-state index contributed by atoms with van der Waals surface area (Å²) in [7, 11) is 0. The first kappa shape index (κ1) is 24.6. The fraction of sp³-hybridized carbons (Fsp3) is 0.105. The molecule has 0 unspecified atom stereocenters. The maximum Gasteiger partial charge on any atom is 0.143 e. The molecule has 3 aromatic heterocycles. The van der Waals surface area contributed by atoms with Gasteiger partial charge in [-0.1, -0.05) is 72.8 Å². The Hall–Kier alpha value is -5.22. The number of nitrogens with zero attached hydrogens (tertiary/aromatic N) is 3. The van der Waals surface area contributed by atoms with Gasteiger partial charge >= 0.3 is 0 Å². The van der Waals surface area contributed by atoms with E-state index in [4.69, 9.17) is 4.98 Å². The Morgan fingerprint density at radius 3 is 2.21 bits per heavy atom. The summed E-state index contributed by atoms with van der Waals surface area (Å²) in [5.41, 5.74) is 9.61. The lowest BCUT2D eigenvalue weighted by molar-refractivity contribution is 0.413. The average Bonchev–Trinajstić information content (AvgIpc) is 3.60. The highest BCUT2D eigenvalue weighted by Gasteiger charge is 2.26. The Bertz CT molecular complexity index is 2280. The fourth-order valence-corrected chi connectivity index (χ4v) is 6.45. The van der Waals surface area contributed by atoms with E-state index in [2.05, 4.69) is 138 Å². The molecule has 0 saturated carbocycles. The van der Waals surface area contributed by atoms with E-state index >= 15 is 0 Å². The first-order valence-electron chi connectivity index (χ1n) is 14.4. The van der Waals surface area contributed by atoms with Crippen molar-refractivity contribution in [2.45, 2.75) is 26.3 Å². The predicted octanol–water partition coefficient (Wildman–Crippen LogP) is 9.97. The summed E-state index contributed by atoms with van der Waals surface area (Å²) in [6.07, 6.45) is 1.85. The number of imidazole rings is 1. The van der Waals surface area contributed by atoms with Gasteiger partial charge in [0.15, 0.2) is 0 Å². The summed E-state index contributed by atoms with van der Waals surface area (Å²) >= 11 is 0. The minimum absolute atomic E-state index is 0.200. The van der Waals surface area contributed by atoms with Crippen LogP contribution in [-0.2, 0) is 5.54 Å². The molecule has 8 aromatic rings. The standard InChI is InChI=1S/C38H30N4/c1-38(2,3)42-34-20-11-16-29(31-23-25(32-18-8-9-21-39-32)22-24-12-4-5-13-26(24)31)36(34)41-37(42)30-17-10-15-28-27-14-6-7-19-33(27)40-35(28)30/h4-23,40H,1-3H3. The molecule has 8 rings (SSSR count). The van der Waals surface area contributed by atoms with Crippen molar-refractivity contribution in [3.63, 3.8) is 0 Å². The van der Waals surface area contributed by atoms with Gasteiger partial charge in [0, 0.05) is 44.7 Å². The number of H-pyrrole nitrogens is 1.